The van der Waals surface area contributed by atoms with Crippen molar-refractivity contribution in [3.63, 3.8) is 0 Å². The summed E-state index contributed by atoms with van der Waals surface area (Å²) in [5, 5.41) is 4.21. The Hall–Kier alpha value is -3.21. The van der Waals surface area contributed by atoms with Crippen molar-refractivity contribution in [1.82, 2.24) is 9.78 Å². The van der Waals surface area contributed by atoms with Gasteiger partial charge in [0.05, 0.1) is 23.0 Å². The van der Waals surface area contributed by atoms with Crippen LogP contribution < -0.4 is 4.74 Å². The van der Waals surface area contributed by atoms with E-state index in [9.17, 15) is 9.59 Å². The lowest BCUT2D eigenvalue weighted by molar-refractivity contribution is -0.131. The van der Waals surface area contributed by atoms with Crippen LogP contribution in [-0.4, -0.2) is 21.5 Å². The van der Waals surface area contributed by atoms with Crippen LogP contribution in [0.3, 0.4) is 0 Å². The van der Waals surface area contributed by atoms with Gasteiger partial charge in [-0.1, -0.05) is 30.3 Å². The predicted molar refractivity (Wildman–Crippen MR) is 84.7 cm³/mol. The normalized spacial score (nSPS) is 10.3. The minimum atomic E-state index is -0.467. The van der Waals surface area contributed by atoms with E-state index in [2.05, 4.69) is 5.10 Å². The van der Waals surface area contributed by atoms with Gasteiger partial charge in [-0.05, 0) is 24.3 Å². The molecule has 1 heterocycles. The third-order valence-electron chi connectivity index (χ3n) is 3.25. The van der Waals surface area contributed by atoms with Crippen molar-refractivity contribution in [2.45, 2.75) is 6.92 Å². The molecule has 2 aromatic carbocycles. The van der Waals surface area contributed by atoms with E-state index in [-0.39, 0.29) is 11.5 Å². The largest absolute Gasteiger partial charge is 0.426 e. The van der Waals surface area contributed by atoms with Gasteiger partial charge in [-0.3, -0.25) is 9.59 Å². The Labute approximate surface area is 133 Å². The number of rotatable bonds is 4. The summed E-state index contributed by atoms with van der Waals surface area (Å²) >= 11 is 0. The second kappa shape index (κ2) is 6.27. The SMILES string of the molecule is CC(=O)Oc1ccccc1C(=O)c1cnn(-c2ccccc2)c1. The lowest BCUT2D eigenvalue weighted by Crippen LogP contribution is -2.08. The van der Waals surface area contributed by atoms with Crippen molar-refractivity contribution in [1.29, 1.82) is 0 Å². The minimum absolute atomic E-state index is 0.246. The maximum absolute atomic E-state index is 12.6. The smallest absolute Gasteiger partial charge is 0.308 e. The van der Waals surface area contributed by atoms with Gasteiger partial charge < -0.3 is 4.74 Å². The maximum atomic E-state index is 12.6. The Balaban J connectivity index is 1.93. The molecule has 0 bridgehead atoms. The lowest BCUT2D eigenvalue weighted by atomic mass is 10.1. The number of esters is 1. The van der Waals surface area contributed by atoms with Crippen molar-refractivity contribution >= 4 is 11.8 Å². The molecule has 114 valence electrons. The molecule has 3 aromatic rings. The molecule has 0 aliphatic carbocycles. The second-order valence-corrected chi connectivity index (χ2v) is 4.93. The Kier molecular flexibility index (Phi) is 4.01. The zero-order valence-electron chi connectivity index (χ0n) is 12.5. The fraction of sp³-hybridized carbons (Fsp3) is 0.0556. The molecular weight excluding hydrogens is 292 g/mol. The van der Waals surface area contributed by atoms with Crippen molar-refractivity contribution in [2.75, 3.05) is 0 Å². The molecule has 0 unspecified atom stereocenters. The second-order valence-electron chi connectivity index (χ2n) is 4.93. The van der Waals surface area contributed by atoms with Crippen LogP contribution in [0.15, 0.2) is 67.0 Å². The van der Waals surface area contributed by atoms with Crippen LogP contribution in [0, 0.1) is 0 Å². The van der Waals surface area contributed by atoms with Gasteiger partial charge in [-0.25, -0.2) is 4.68 Å². The summed E-state index contributed by atoms with van der Waals surface area (Å²) in [6.07, 6.45) is 3.15. The molecule has 1 aromatic heterocycles. The molecule has 5 nitrogen and oxygen atoms in total. The van der Waals surface area contributed by atoms with Crippen molar-refractivity contribution in [3.8, 4) is 11.4 Å². The van der Waals surface area contributed by atoms with Crippen LogP contribution in [0.25, 0.3) is 5.69 Å². The molecule has 0 fully saturated rings. The third kappa shape index (κ3) is 3.18. The predicted octanol–water partition coefficient (Wildman–Crippen LogP) is 3.03. The maximum Gasteiger partial charge on any atom is 0.308 e. The van der Waals surface area contributed by atoms with E-state index in [1.807, 2.05) is 30.3 Å². The van der Waals surface area contributed by atoms with E-state index in [1.165, 1.54) is 13.1 Å². The first kappa shape index (κ1) is 14.7. The molecule has 5 heteroatoms. The Morgan fingerprint density at radius 2 is 1.70 bits per heavy atom. The van der Waals surface area contributed by atoms with Gasteiger partial charge in [-0.2, -0.15) is 5.10 Å². The van der Waals surface area contributed by atoms with Crippen molar-refractivity contribution < 1.29 is 14.3 Å². The fourth-order valence-electron chi connectivity index (χ4n) is 2.22. The Morgan fingerprint density at radius 1 is 1.00 bits per heavy atom. The van der Waals surface area contributed by atoms with Crippen LogP contribution in [0.4, 0.5) is 0 Å². The number of carbonyl (C=O) groups excluding carboxylic acids is 2. The van der Waals surface area contributed by atoms with Gasteiger partial charge >= 0.3 is 5.97 Å². The number of aromatic nitrogens is 2. The third-order valence-corrected chi connectivity index (χ3v) is 3.25. The zero-order valence-corrected chi connectivity index (χ0v) is 12.5. The van der Waals surface area contributed by atoms with Crippen LogP contribution in [-0.2, 0) is 4.79 Å². The van der Waals surface area contributed by atoms with Crippen LogP contribution in [0.2, 0.25) is 0 Å². The number of para-hydroxylation sites is 2. The van der Waals surface area contributed by atoms with Gasteiger partial charge in [0, 0.05) is 13.1 Å². The van der Waals surface area contributed by atoms with Gasteiger partial charge in [0.1, 0.15) is 5.75 Å². The first-order chi connectivity index (χ1) is 11.1. The number of ketones is 1. The average Bonchev–Trinajstić information content (AvgIpc) is 3.05. The summed E-state index contributed by atoms with van der Waals surface area (Å²) in [6.45, 7) is 1.30. The number of nitrogens with zero attached hydrogens (tertiary/aromatic N) is 2. The van der Waals surface area contributed by atoms with Crippen molar-refractivity contribution in [3.05, 3.63) is 78.1 Å². The van der Waals surface area contributed by atoms with Gasteiger partial charge in [0.2, 0.25) is 0 Å². The highest BCUT2D eigenvalue weighted by molar-refractivity contribution is 6.10. The number of benzene rings is 2. The summed E-state index contributed by atoms with van der Waals surface area (Å²) in [7, 11) is 0. The summed E-state index contributed by atoms with van der Waals surface area (Å²) in [5.74, 6) is -0.466. The van der Waals surface area contributed by atoms with Gasteiger partial charge in [-0.15, -0.1) is 0 Å². The highest BCUT2D eigenvalue weighted by Gasteiger charge is 2.17. The summed E-state index contributed by atoms with van der Waals surface area (Å²) in [6, 6.07) is 16.2. The molecule has 0 aliphatic heterocycles. The first-order valence-corrected chi connectivity index (χ1v) is 7.07. The summed E-state index contributed by atoms with van der Waals surface area (Å²) in [5.41, 5.74) is 1.61. The number of carbonyl (C=O) groups is 2. The molecule has 0 spiro atoms. The molecule has 0 radical (unpaired) electrons. The van der Waals surface area contributed by atoms with E-state index in [4.69, 9.17) is 4.74 Å². The molecule has 0 amide bonds. The first-order valence-electron chi connectivity index (χ1n) is 7.07. The minimum Gasteiger partial charge on any atom is -0.426 e. The molecule has 0 saturated heterocycles. The van der Waals surface area contributed by atoms with E-state index < -0.39 is 5.97 Å². The van der Waals surface area contributed by atoms with E-state index in [1.54, 1.807) is 35.1 Å². The molecule has 23 heavy (non-hydrogen) atoms. The molecule has 0 aliphatic rings. The summed E-state index contributed by atoms with van der Waals surface area (Å²) in [4.78, 5) is 23.8. The summed E-state index contributed by atoms with van der Waals surface area (Å²) < 4.78 is 6.72. The van der Waals surface area contributed by atoms with Crippen LogP contribution in [0.5, 0.6) is 5.75 Å². The fourth-order valence-corrected chi connectivity index (χ4v) is 2.22. The van der Waals surface area contributed by atoms with E-state index in [0.717, 1.165) is 5.69 Å². The van der Waals surface area contributed by atoms with Gasteiger partial charge in [0.15, 0.2) is 5.78 Å². The van der Waals surface area contributed by atoms with E-state index in [0.29, 0.717) is 11.1 Å². The van der Waals surface area contributed by atoms with Crippen LogP contribution in [0.1, 0.15) is 22.8 Å². The van der Waals surface area contributed by atoms with Crippen molar-refractivity contribution in [2.24, 2.45) is 0 Å². The highest BCUT2D eigenvalue weighted by atomic mass is 16.5. The zero-order chi connectivity index (χ0) is 16.2. The Morgan fingerprint density at radius 3 is 2.43 bits per heavy atom. The number of hydrogen-bond acceptors (Lipinski definition) is 4. The standard InChI is InChI=1S/C18H14N2O3/c1-13(21)23-17-10-6-5-9-16(17)18(22)14-11-19-20(12-14)15-7-3-2-4-8-15/h2-12H,1H3. The molecule has 3 rings (SSSR count). The van der Waals surface area contributed by atoms with Crippen LogP contribution >= 0.6 is 0 Å². The molecule has 0 saturated carbocycles. The Bertz CT molecular complexity index is 853. The topological polar surface area (TPSA) is 61.2 Å². The molecule has 0 atom stereocenters. The molecular formula is C18H14N2O3. The average molecular weight is 306 g/mol. The molecule has 0 N–H and O–H groups in total. The van der Waals surface area contributed by atoms with Gasteiger partial charge in [0.25, 0.3) is 0 Å². The lowest BCUT2D eigenvalue weighted by Gasteiger charge is -2.06. The monoisotopic (exact) mass is 306 g/mol. The highest BCUT2D eigenvalue weighted by Crippen LogP contribution is 2.22. The van der Waals surface area contributed by atoms with E-state index >= 15 is 0 Å². The quantitative estimate of drug-likeness (QED) is 0.422. The number of hydrogen-bond donors (Lipinski definition) is 0. The number of ether oxygens (including phenoxy) is 1.